The van der Waals surface area contributed by atoms with Crippen molar-refractivity contribution in [2.45, 2.75) is 44.1 Å². The molecule has 0 aliphatic heterocycles. The van der Waals surface area contributed by atoms with Crippen molar-refractivity contribution in [2.24, 2.45) is 5.92 Å². The Morgan fingerprint density at radius 2 is 2.10 bits per heavy atom. The summed E-state index contributed by atoms with van der Waals surface area (Å²) in [5.41, 5.74) is 1.03. The fourth-order valence-electron chi connectivity index (χ4n) is 2.94. The van der Waals surface area contributed by atoms with Gasteiger partial charge in [0.05, 0.1) is 16.0 Å². The van der Waals surface area contributed by atoms with Crippen LogP contribution in [0.1, 0.15) is 31.1 Å². The Kier molecular flexibility index (Phi) is 8.38. The van der Waals surface area contributed by atoms with E-state index in [0.29, 0.717) is 18.2 Å². The van der Waals surface area contributed by atoms with E-state index in [-0.39, 0.29) is 5.91 Å². The van der Waals surface area contributed by atoms with E-state index in [4.69, 9.17) is 0 Å². The lowest BCUT2D eigenvalue weighted by Gasteiger charge is -2.11. The number of carbonyl (C=O) groups is 1. The zero-order valence-electron chi connectivity index (χ0n) is 17.1. The normalized spacial score (nSPS) is 11.4. The Morgan fingerprint density at radius 1 is 1.28 bits per heavy atom. The van der Waals surface area contributed by atoms with Crippen LogP contribution in [0.5, 0.6) is 0 Å². The maximum absolute atomic E-state index is 12.1. The van der Waals surface area contributed by atoms with Gasteiger partial charge in [-0.05, 0) is 30.7 Å². The van der Waals surface area contributed by atoms with Crippen molar-refractivity contribution in [1.82, 2.24) is 25.1 Å². The third-order valence-electron chi connectivity index (χ3n) is 4.22. The minimum absolute atomic E-state index is 0.0737. The van der Waals surface area contributed by atoms with Crippen molar-refractivity contribution < 1.29 is 4.79 Å². The van der Waals surface area contributed by atoms with Gasteiger partial charge in [0.1, 0.15) is 10.8 Å². The second-order valence-corrected chi connectivity index (χ2v) is 10.0. The summed E-state index contributed by atoms with van der Waals surface area (Å²) < 4.78 is 3.40. The zero-order valence-corrected chi connectivity index (χ0v) is 19.5. The number of hydrogen-bond donors (Lipinski definition) is 1. The van der Waals surface area contributed by atoms with Crippen LogP contribution < -0.4 is 5.32 Å². The maximum atomic E-state index is 12.1. The lowest BCUT2D eigenvalue weighted by molar-refractivity contribution is -0.118. The van der Waals surface area contributed by atoms with E-state index >= 15 is 0 Å². The second kappa shape index (κ2) is 11.0. The predicted molar refractivity (Wildman–Crippen MR) is 124 cm³/mol. The highest BCUT2D eigenvalue weighted by Gasteiger charge is 2.12. The molecule has 0 fully saturated rings. The quantitative estimate of drug-likeness (QED) is 0.349. The van der Waals surface area contributed by atoms with Gasteiger partial charge in [-0.1, -0.05) is 37.7 Å². The first-order chi connectivity index (χ1) is 14.1. The molecule has 0 aliphatic carbocycles. The van der Waals surface area contributed by atoms with Crippen LogP contribution in [0, 0.1) is 5.92 Å². The molecule has 0 saturated carbocycles. The molecule has 0 unspecified atom stereocenters. The molecule has 1 N–H and O–H groups in total. The molecule has 0 bridgehead atoms. The molecule has 156 valence electrons. The highest BCUT2D eigenvalue weighted by atomic mass is 32.2. The molecule has 0 saturated heterocycles. The largest absolute Gasteiger partial charge is 0.355 e. The Balaban J connectivity index is 1.36. The van der Waals surface area contributed by atoms with Crippen LogP contribution in [-0.4, -0.2) is 44.2 Å². The number of hydrogen-bond acceptors (Lipinski definition) is 7. The van der Waals surface area contributed by atoms with E-state index in [1.54, 1.807) is 34.9 Å². The number of aromatic nitrogens is 4. The van der Waals surface area contributed by atoms with E-state index in [0.717, 1.165) is 46.6 Å². The van der Waals surface area contributed by atoms with Gasteiger partial charge in [-0.25, -0.2) is 4.98 Å². The van der Waals surface area contributed by atoms with Crippen molar-refractivity contribution in [3.63, 3.8) is 0 Å². The van der Waals surface area contributed by atoms with E-state index < -0.39 is 0 Å². The van der Waals surface area contributed by atoms with Crippen molar-refractivity contribution >= 4 is 51.0 Å². The molecular weight excluding hydrogens is 422 g/mol. The first kappa shape index (κ1) is 22.1. The van der Waals surface area contributed by atoms with E-state index in [1.165, 1.54) is 4.70 Å². The van der Waals surface area contributed by atoms with Gasteiger partial charge in [0.25, 0.3) is 0 Å². The number of nitrogens with one attached hydrogen (secondary N) is 1. The Labute approximate surface area is 184 Å². The van der Waals surface area contributed by atoms with Gasteiger partial charge in [0.2, 0.25) is 5.91 Å². The number of amides is 1. The molecule has 1 amide bonds. The fourth-order valence-corrected chi connectivity index (χ4v) is 5.34. The number of thioether (sulfide) groups is 2. The maximum Gasteiger partial charge on any atom is 0.230 e. The summed E-state index contributed by atoms with van der Waals surface area (Å²) in [5, 5.41) is 13.6. The van der Waals surface area contributed by atoms with Crippen molar-refractivity contribution in [2.75, 3.05) is 18.6 Å². The topological polar surface area (TPSA) is 72.7 Å². The standard InChI is InChI=1S/C20H27N5OS3/c1-14(2)11-25-17(23-24-20(25)27-3)9-6-10-21-18(26)12-28-13-19-22-15-7-4-5-8-16(15)29-19/h4-5,7-8,14H,6,9-13H2,1-3H3,(H,21,26). The van der Waals surface area contributed by atoms with Gasteiger partial charge in [-0.2, -0.15) is 0 Å². The molecule has 0 spiro atoms. The van der Waals surface area contributed by atoms with Gasteiger partial charge in [-0.15, -0.1) is 33.3 Å². The van der Waals surface area contributed by atoms with Gasteiger partial charge in [0, 0.05) is 25.3 Å². The molecular formula is C20H27N5OS3. The number of benzene rings is 1. The number of thiazole rings is 1. The number of nitrogens with zero attached hydrogens (tertiary/aromatic N) is 4. The summed E-state index contributed by atoms with van der Waals surface area (Å²) in [6.07, 6.45) is 3.70. The Morgan fingerprint density at radius 3 is 2.86 bits per heavy atom. The van der Waals surface area contributed by atoms with Crippen LogP contribution in [0.2, 0.25) is 0 Å². The smallest absolute Gasteiger partial charge is 0.230 e. The van der Waals surface area contributed by atoms with Crippen LogP contribution in [0.4, 0.5) is 0 Å². The molecule has 0 atom stereocenters. The SMILES string of the molecule is CSc1nnc(CCCNC(=O)CSCc2nc3ccccc3s2)n1CC(C)C. The summed E-state index contributed by atoms with van der Waals surface area (Å²) in [6.45, 7) is 5.97. The molecule has 9 heteroatoms. The number of fused-ring (bicyclic) bond motifs is 1. The van der Waals surface area contributed by atoms with Gasteiger partial charge in [0.15, 0.2) is 5.16 Å². The minimum Gasteiger partial charge on any atom is -0.355 e. The third kappa shape index (κ3) is 6.45. The van der Waals surface area contributed by atoms with Gasteiger partial charge >= 0.3 is 0 Å². The molecule has 2 heterocycles. The molecule has 0 radical (unpaired) electrons. The van der Waals surface area contributed by atoms with Crippen LogP contribution in [0.3, 0.4) is 0 Å². The molecule has 1 aromatic carbocycles. The molecule has 3 aromatic rings. The van der Waals surface area contributed by atoms with E-state index in [1.807, 2.05) is 24.5 Å². The van der Waals surface area contributed by atoms with Gasteiger partial charge < -0.3 is 9.88 Å². The molecule has 3 rings (SSSR count). The Hall–Kier alpha value is -1.58. The van der Waals surface area contributed by atoms with E-state index in [2.05, 4.69) is 45.0 Å². The average molecular weight is 450 g/mol. The molecule has 2 aromatic heterocycles. The number of carbonyl (C=O) groups excluding carboxylic acids is 1. The first-order valence-corrected chi connectivity index (χ1v) is 12.9. The third-order valence-corrected chi connectivity index (χ3v) is 7.05. The zero-order chi connectivity index (χ0) is 20.6. The van der Waals surface area contributed by atoms with Crippen LogP contribution in [0.15, 0.2) is 29.4 Å². The number of para-hydroxylation sites is 1. The lowest BCUT2D eigenvalue weighted by atomic mass is 10.2. The highest BCUT2D eigenvalue weighted by molar-refractivity contribution is 7.99. The summed E-state index contributed by atoms with van der Waals surface area (Å²) in [5.74, 6) is 2.84. The van der Waals surface area contributed by atoms with Crippen LogP contribution >= 0.6 is 34.9 Å². The van der Waals surface area contributed by atoms with Crippen LogP contribution in [-0.2, 0) is 23.5 Å². The summed E-state index contributed by atoms with van der Waals surface area (Å²) in [6, 6.07) is 8.13. The van der Waals surface area contributed by atoms with Gasteiger partial charge in [-0.3, -0.25) is 4.79 Å². The summed E-state index contributed by atoms with van der Waals surface area (Å²) in [4.78, 5) is 16.7. The van der Waals surface area contributed by atoms with Crippen LogP contribution in [0.25, 0.3) is 10.2 Å². The van der Waals surface area contributed by atoms with E-state index in [9.17, 15) is 4.79 Å². The number of rotatable bonds is 11. The van der Waals surface area contributed by atoms with Crippen molar-refractivity contribution in [3.05, 3.63) is 35.1 Å². The summed E-state index contributed by atoms with van der Waals surface area (Å²) in [7, 11) is 0. The summed E-state index contributed by atoms with van der Waals surface area (Å²) >= 11 is 4.93. The number of aryl methyl sites for hydroxylation is 1. The predicted octanol–water partition coefficient (Wildman–Crippen LogP) is 4.25. The molecule has 6 nitrogen and oxygen atoms in total. The Bertz CT molecular complexity index is 904. The molecule has 29 heavy (non-hydrogen) atoms. The molecule has 0 aliphatic rings. The lowest BCUT2D eigenvalue weighted by Crippen LogP contribution is -2.26. The average Bonchev–Trinajstić information content (AvgIpc) is 3.28. The fraction of sp³-hybridized carbons (Fsp3) is 0.500. The van der Waals surface area contributed by atoms with Crippen molar-refractivity contribution in [3.8, 4) is 0 Å². The highest BCUT2D eigenvalue weighted by Crippen LogP contribution is 2.24. The minimum atomic E-state index is 0.0737. The second-order valence-electron chi connectivity index (χ2n) is 7.13. The van der Waals surface area contributed by atoms with Crippen molar-refractivity contribution in [1.29, 1.82) is 0 Å². The monoisotopic (exact) mass is 449 g/mol. The first-order valence-electron chi connectivity index (χ1n) is 9.71.